The first-order chi connectivity index (χ1) is 10.2. The summed E-state index contributed by atoms with van der Waals surface area (Å²) < 4.78 is 10.9. The quantitative estimate of drug-likeness (QED) is 0.854. The van der Waals surface area contributed by atoms with E-state index in [1.807, 2.05) is 42.6 Å². The fourth-order valence-electron chi connectivity index (χ4n) is 1.86. The minimum atomic E-state index is -0.503. The number of thiophene rings is 1. The Labute approximate surface area is 128 Å². The highest BCUT2D eigenvalue weighted by molar-refractivity contribution is 7.09. The summed E-state index contributed by atoms with van der Waals surface area (Å²) in [5, 5.41) is 4.89. The zero-order valence-electron chi connectivity index (χ0n) is 12.2. The van der Waals surface area contributed by atoms with Crippen LogP contribution in [-0.4, -0.2) is 19.1 Å². The summed E-state index contributed by atoms with van der Waals surface area (Å²) >= 11 is 1.62. The van der Waals surface area contributed by atoms with Crippen molar-refractivity contribution in [2.24, 2.45) is 0 Å². The molecule has 0 saturated heterocycles. The number of ether oxygens (including phenoxy) is 2. The smallest absolute Gasteiger partial charge is 0.261 e. The predicted molar refractivity (Wildman–Crippen MR) is 83.9 cm³/mol. The van der Waals surface area contributed by atoms with Gasteiger partial charge in [0.2, 0.25) is 0 Å². The van der Waals surface area contributed by atoms with Gasteiger partial charge in [0.15, 0.2) is 6.10 Å². The molecule has 5 heteroatoms. The predicted octanol–water partition coefficient (Wildman–Crippen LogP) is 3.23. The monoisotopic (exact) mass is 305 g/mol. The highest BCUT2D eigenvalue weighted by atomic mass is 32.1. The van der Waals surface area contributed by atoms with Crippen LogP contribution in [0, 0.1) is 0 Å². The maximum Gasteiger partial charge on any atom is 0.261 e. The zero-order chi connectivity index (χ0) is 15.1. The van der Waals surface area contributed by atoms with Crippen molar-refractivity contribution in [3.63, 3.8) is 0 Å². The van der Waals surface area contributed by atoms with E-state index >= 15 is 0 Å². The molecule has 0 aliphatic carbocycles. The molecule has 0 radical (unpaired) electrons. The molecular formula is C16H19NO3S. The molecule has 2 rings (SSSR count). The lowest BCUT2D eigenvalue weighted by Crippen LogP contribution is -2.37. The number of amides is 1. The third-order valence-electron chi connectivity index (χ3n) is 3.00. The van der Waals surface area contributed by atoms with Crippen molar-refractivity contribution in [3.05, 3.63) is 46.7 Å². The summed E-state index contributed by atoms with van der Waals surface area (Å²) in [5.74, 6) is 1.24. The Hall–Kier alpha value is -2.01. The highest BCUT2D eigenvalue weighted by Gasteiger charge is 2.18. The van der Waals surface area contributed by atoms with E-state index in [2.05, 4.69) is 5.32 Å². The second-order valence-corrected chi connectivity index (χ2v) is 5.52. The van der Waals surface area contributed by atoms with Crippen molar-refractivity contribution in [2.45, 2.75) is 26.0 Å². The minimum absolute atomic E-state index is 0.103. The van der Waals surface area contributed by atoms with Crippen LogP contribution in [0.25, 0.3) is 0 Å². The van der Waals surface area contributed by atoms with Gasteiger partial charge >= 0.3 is 0 Å². The number of carbonyl (C=O) groups is 1. The van der Waals surface area contributed by atoms with Crippen molar-refractivity contribution in [1.82, 2.24) is 5.32 Å². The molecule has 1 atom stereocenters. The summed E-state index contributed by atoms with van der Waals surface area (Å²) in [6.07, 6.45) is 0.102. The second-order valence-electron chi connectivity index (χ2n) is 4.49. The largest absolute Gasteiger partial charge is 0.497 e. The van der Waals surface area contributed by atoms with Gasteiger partial charge in [-0.3, -0.25) is 4.79 Å². The summed E-state index contributed by atoms with van der Waals surface area (Å²) in [6.45, 7) is 2.46. The van der Waals surface area contributed by atoms with Gasteiger partial charge in [0.05, 0.1) is 13.7 Å². The Morgan fingerprint density at radius 2 is 2.10 bits per heavy atom. The first-order valence-corrected chi connectivity index (χ1v) is 7.71. The molecule has 1 unspecified atom stereocenters. The van der Waals surface area contributed by atoms with Crippen LogP contribution in [0.3, 0.4) is 0 Å². The molecule has 0 saturated carbocycles. The maximum atomic E-state index is 12.2. The van der Waals surface area contributed by atoms with Crippen LogP contribution in [0.5, 0.6) is 11.5 Å². The van der Waals surface area contributed by atoms with Gasteiger partial charge < -0.3 is 14.8 Å². The third kappa shape index (κ3) is 4.49. The number of rotatable bonds is 7. The van der Waals surface area contributed by atoms with E-state index in [0.717, 1.165) is 4.88 Å². The fraction of sp³-hybridized carbons (Fsp3) is 0.312. The van der Waals surface area contributed by atoms with Crippen LogP contribution in [0.1, 0.15) is 18.2 Å². The van der Waals surface area contributed by atoms with Gasteiger partial charge in [-0.25, -0.2) is 0 Å². The Bertz CT molecular complexity index is 569. The van der Waals surface area contributed by atoms with Gasteiger partial charge in [-0.2, -0.15) is 0 Å². The molecular weight excluding hydrogens is 286 g/mol. The van der Waals surface area contributed by atoms with Crippen molar-refractivity contribution in [3.8, 4) is 11.5 Å². The average molecular weight is 305 g/mol. The summed E-state index contributed by atoms with van der Waals surface area (Å²) in [4.78, 5) is 13.3. The van der Waals surface area contributed by atoms with Gasteiger partial charge in [0.25, 0.3) is 5.91 Å². The number of hydrogen-bond donors (Lipinski definition) is 1. The summed E-state index contributed by atoms with van der Waals surface area (Å²) in [7, 11) is 1.60. The molecule has 1 amide bonds. The SMILES string of the molecule is CCC(Oc1cccc(OC)c1)C(=O)NCc1cccs1. The van der Waals surface area contributed by atoms with E-state index in [9.17, 15) is 4.79 Å². The van der Waals surface area contributed by atoms with Crippen molar-refractivity contribution in [1.29, 1.82) is 0 Å². The normalized spacial score (nSPS) is 11.7. The van der Waals surface area contributed by atoms with E-state index in [1.54, 1.807) is 24.5 Å². The molecule has 1 N–H and O–H groups in total. The second kappa shape index (κ2) is 7.69. The lowest BCUT2D eigenvalue weighted by Gasteiger charge is -2.17. The average Bonchev–Trinajstić information content (AvgIpc) is 3.04. The number of benzene rings is 1. The summed E-state index contributed by atoms with van der Waals surface area (Å²) in [6, 6.07) is 11.2. The van der Waals surface area contributed by atoms with Crippen LogP contribution in [0.15, 0.2) is 41.8 Å². The van der Waals surface area contributed by atoms with Gasteiger partial charge in [-0.05, 0) is 30.0 Å². The Morgan fingerprint density at radius 1 is 1.29 bits per heavy atom. The zero-order valence-corrected chi connectivity index (χ0v) is 13.0. The standard InChI is InChI=1S/C16H19NO3S/c1-3-15(16(18)17-11-14-8-5-9-21-14)20-13-7-4-6-12(10-13)19-2/h4-10,15H,3,11H2,1-2H3,(H,17,18). The van der Waals surface area contributed by atoms with Crippen LogP contribution < -0.4 is 14.8 Å². The molecule has 0 spiro atoms. The van der Waals surface area contributed by atoms with Crippen LogP contribution in [0.4, 0.5) is 0 Å². The van der Waals surface area contributed by atoms with Crippen LogP contribution in [-0.2, 0) is 11.3 Å². The lowest BCUT2D eigenvalue weighted by molar-refractivity contribution is -0.128. The Balaban J connectivity index is 1.93. The number of methoxy groups -OCH3 is 1. The lowest BCUT2D eigenvalue weighted by atomic mass is 10.2. The number of carbonyl (C=O) groups excluding carboxylic acids is 1. The van der Waals surface area contributed by atoms with Crippen molar-refractivity contribution < 1.29 is 14.3 Å². The molecule has 0 aliphatic rings. The van der Waals surface area contributed by atoms with E-state index < -0.39 is 6.10 Å². The molecule has 2 aromatic rings. The first-order valence-electron chi connectivity index (χ1n) is 6.83. The van der Waals surface area contributed by atoms with E-state index in [4.69, 9.17) is 9.47 Å². The Morgan fingerprint density at radius 3 is 2.76 bits per heavy atom. The molecule has 0 bridgehead atoms. The molecule has 1 aromatic heterocycles. The summed E-state index contributed by atoms with van der Waals surface area (Å²) in [5.41, 5.74) is 0. The van der Waals surface area contributed by atoms with Gasteiger partial charge in [0.1, 0.15) is 11.5 Å². The molecule has 21 heavy (non-hydrogen) atoms. The fourth-order valence-corrected chi connectivity index (χ4v) is 2.51. The third-order valence-corrected chi connectivity index (χ3v) is 3.88. The number of hydrogen-bond acceptors (Lipinski definition) is 4. The molecule has 0 aliphatic heterocycles. The first kappa shape index (κ1) is 15.4. The highest BCUT2D eigenvalue weighted by Crippen LogP contribution is 2.20. The van der Waals surface area contributed by atoms with E-state index in [-0.39, 0.29) is 5.91 Å². The van der Waals surface area contributed by atoms with Crippen molar-refractivity contribution >= 4 is 17.2 Å². The van der Waals surface area contributed by atoms with Crippen LogP contribution >= 0.6 is 11.3 Å². The Kier molecular flexibility index (Phi) is 5.63. The van der Waals surface area contributed by atoms with E-state index in [1.165, 1.54) is 0 Å². The van der Waals surface area contributed by atoms with Gasteiger partial charge in [-0.15, -0.1) is 11.3 Å². The van der Waals surface area contributed by atoms with Crippen LogP contribution in [0.2, 0.25) is 0 Å². The molecule has 112 valence electrons. The molecule has 1 aromatic carbocycles. The topological polar surface area (TPSA) is 47.6 Å². The minimum Gasteiger partial charge on any atom is -0.497 e. The van der Waals surface area contributed by atoms with Gasteiger partial charge in [-0.1, -0.05) is 19.1 Å². The van der Waals surface area contributed by atoms with Gasteiger partial charge in [0, 0.05) is 10.9 Å². The maximum absolute atomic E-state index is 12.2. The molecule has 4 nitrogen and oxygen atoms in total. The van der Waals surface area contributed by atoms with Crippen molar-refractivity contribution in [2.75, 3.05) is 7.11 Å². The number of nitrogens with one attached hydrogen (secondary N) is 1. The molecule has 1 heterocycles. The molecule has 0 fully saturated rings. The van der Waals surface area contributed by atoms with E-state index in [0.29, 0.717) is 24.5 Å².